The molecule has 0 bridgehead atoms. The van der Waals surface area contributed by atoms with Crippen LogP contribution >= 0.6 is 15.9 Å². The van der Waals surface area contributed by atoms with Crippen molar-refractivity contribution in [1.29, 1.82) is 0 Å². The van der Waals surface area contributed by atoms with Gasteiger partial charge >= 0.3 is 0 Å². The smallest absolute Gasteiger partial charge is 0.121 e. The molecule has 1 aliphatic rings. The largest absolute Gasteiger partial charge is 0.508 e. The van der Waals surface area contributed by atoms with Crippen molar-refractivity contribution < 1.29 is 5.11 Å². The molecule has 4 N–H and O–H groups in total. The molecular formula is C12H17BrN2O. The minimum absolute atomic E-state index is 0.0600. The molecule has 4 heteroatoms. The third-order valence-corrected chi connectivity index (χ3v) is 3.74. The number of nitrogens with one attached hydrogen (secondary N) is 1. The Morgan fingerprint density at radius 3 is 2.69 bits per heavy atom. The lowest BCUT2D eigenvalue weighted by atomic mass is 9.86. The van der Waals surface area contributed by atoms with Gasteiger partial charge in [-0.05, 0) is 44.0 Å². The quantitative estimate of drug-likeness (QED) is 0.780. The summed E-state index contributed by atoms with van der Waals surface area (Å²) in [6.45, 7) is 2.05. The molecule has 1 aromatic carbocycles. The molecule has 1 aromatic rings. The van der Waals surface area contributed by atoms with Crippen LogP contribution in [0.4, 0.5) is 0 Å². The number of hydrogen-bond donors (Lipinski definition) is 3. The SMILES string of the molecule is N[C@@H](c1ccc(Br)cc1O)C1CCNCC1. The molecule has 2 rings (SSSR count). The van der Waals surface area contributed by atoms with Crippen LogP contribution in [0.3, 0.4) is 0 Å². The standard InChI is InChI=1S/C12H17BrN2O/c13-9-1-2-10(11(16)7-9)12(14)8-3-5-15-6-4-8/h1-2,7-8,12,15-16H,3-6,14H2/t12-/m1/s1. The fraction of sp³-hybridized carbons (Fsp3) is 0.500. The van der Waals surface area contributed by atoms with Crippen molar-refractivity contribution in [2.75, 3.05) is 13.1 Å². The van der Waals surface area contributed by atoms with E-state index in [4.69, 9.17) is 5.73 Å². The highest BCUT2D eigenvalue weighted by Gasteiger charge is 2.23. The predicted octanol–water partition coefficient (Wildman–Crippen LogP) is 2.15. The number of halogens is 1. The van der Waals surface area contributed by atoms with Gasteiger partial charge in [0.2, 0.25) is 0 Å². The van der Waals surface area contributed by atoms with Crippen molar-refractivity contribution in [1.82, 2.24) is 5.32 Å². The summed E-state index contributed by atoms with van der Waals surface area (Å²) in [5, 5.41) is 13.2. The first kappa shape index (κ1) is 11.9. The number of nitrogens with two attached hydrogens (primary N) is 1. The molecule has 0 unspecified atom stereocenters. The first-order chi connectivity index (χ1) is 7.68. The van der Waals surface area contributed by atoms with Crippen LogP contribution in [0.5, 0.6) is 5.75 Å². The van der Waals surface area contributed by atoms with Crippen molar-refractivity contribution in [3.63, 3.8) is 0 Å². The molecule has 0 spiro atoms. The highest BCUT2D eigenvalue weighted by atomic mass is 79.9. The third kappa shape index (κ3) is 2.56. The summed E-state index contributed by atoms with van der Waals surface area (Å²) in [6, 6.07) is 5.48. The van der Waals surface area contributed by atoms with Crippen LogP contribution in [0.2, 0.25) is 0 Å². The Labute approximate surface area is 104 Å². The van der Waals surface area contributed by atoms with E-state index in [1.54, 1.807) is 6.07 Å². The van der Waals surface area contributed by atoms with Crippen molar-refractivity contribution in [2.45, 2.75) is 18.9 Å². The molecule has 0 aliphatic carbocycles. The van der Waals surface area contributed by atoms with Gasteiger partial charge in [0.25, 0.3) is 0 Å². The fourth-order valence-corrected chi connectivity index (χ4v) is 2.61. The highest BCUT2D eigenvalue weighted by molar-refractivity contribution is 9.10. The number of benzene rings is 1. The van der Waals surface area contributed by atoms with Crippen molar-refractivity contribution in [2.24, 2.45) is 11.7 Å². The van der Waals surface area contributed by atoms with E-state index in [-0.39, 0.29) is 6.04 Å². The van der Waals surface area contributed by atoms with Crippen LogP contribution in [-0.4, -0.2) is 18.2 Å². The second kappa shape index (κ2) is 5.17. The van der Waals surface area contributed by atoms with E-state index in [2.05, 4.69) is 21.2 Å². The van der Waals surface area contributed by atoms with E-state index in [0.717, 1.165) is 36.0 Å². The number of piperidine rings is 1. The summed E-state index contributed by atoms with van der Waals surface area (Å²) in [4.78, 5) is 0. The van der Waals surface area contributed by atoms with Crippen molar-refractivity contribution >= 4 is 15.9 Å². The zero-order valence-electron chi connectivity index (χ0n) is 9.12. The van der Waals surface area contributed by atoms with Gasteiger partial charge in [-0.3, -0.25) is 0 Å². The number of phenols is 1. The molecule has 0 saturated carbocycles. The van der Waals surface area contributed by atoms with Gasteiger partial charge in [-0.2, -0.15) is 0 Å². The van der Waals surface area contributed by atoms with Gasteiger partial charge in [0.15, 0.2) is 0 Å². The van der Waals surface area contributed by atoms with Crippen LogP contribution in [0.25, 0.3) is 0 Å². The van der Waals surface area contributed by atoms with Crippen molar-refractivity contribution in [3.05, 3.63) is 28.2 Å². The molecule has 1 heterocycles. The molecule has 16 heavy (non-hydrogen) atoms. The number of hydrogen-bond acceptors (Lipinski definition) is 3. The average Bonchev–Trinajstić information content (AvgIpc) is 2.29. The summed E-state index contributed by atoms with van der Waals surface area (Å²) in [6.07, 6.45) is 2.16. The van der Waals surface area contributed by atoms with E-state index in [1.165, 1.54) is 0 Å². The number of phenolic OH excluding ortho intramolecular Hbond substituents is 1. The highest BCUT2D eigenvalue weighted by Crippen LogP contribution is 2.33. The zero-order valence-corrected chi connectivity index (χ0v) is 10.7. The number of aromatic hydroxyl groups is 1. The first-order valence-electron chi connectivity index (χ1n) is 5.63. The Morgan fingerprint density at radius 2 is 2.06 bits per heavy atom. The molecular weight excluding hydrogens is 268 g/mol. The van der Waals surface area contributed by atoms with Crippen LogP contribution in [0, 0.1) is 5.92 Å². The lowest BCUT2D eigenvalue weighted by molar-refractivity contribution is 0.316. The van der Waals surface area contributed by atoms with Gasteiger partial charge in [0.1, 0.15) is 5.75 Å². The molecule has 0 aromatic heterocycles. The summed E-state index contributed by atoms with van der Waals surface area (Å²) in [5.74, 6) is 0.758. The lowest BCUT2D eigenvalue weighted by Crippen LogP contribution is -2.33. The third-order valence-electron chi connectivity index (χ3n) is 3.24. The molecule has 88 valence electrons. The zero-order chi connectivity index (χ0) is 11.5. The van der Waals surface area contributed by atoms with E-state index < -0.39 is 0 Å². The molecule has 0 radical (unpaired) electrons. The molecule has 3 nitrogen and oxygen atoms in total. The van der Waals surface area contributed by atoms with E-state index in [1.807, 2.05) is 12.1 Å². The Hall–Kier alpha value is -0.580. The predicted molar refractivity (Wildman–Crippen MR) is 68.3 cm³/mol. The summed E-state index contributed by atoms with van der Waals surface area (Å²) >= 11 is 3.33. The van der Waals surface area contributed by atoms with E-state index >= 15 is 0 Å². The maximum atomic E-state index is 9.87. The lowest BCUT2D eigenvalue weighted by Gasteiger charge is -2.28. The monoisotopic (exact) mass is 284 g/mol. The molecule has 1 atom stereocenters. The maximum absolute atomic E-state index is 9.87. The van der Waals surface area contributed by atoms with Crippen LogP contribution in [-0.2, 0) is 0 Å². The van der Waals surface area contributed by atoms with Crippen LogP contribution in [0.15, 0.2) is 22.7 Å². The van der Waals surface area contributed by atoms with E-state index in [0.29, 0.717) is 11.7 Å². The first-order valence-corrected chi connectivity index (χ1v) is 6.42. The average molecular weight is 285 g/mol. The summed E-state index contributed by atoms with van der Waals surface area (Å²) < 4.78 is 0.881. The summed E-state index contributed by atoms with van der Waals surface area (Å²) in [7, 11) is 0. The second-order valence-electron chi connectivity index (χ2n) is 4.32. The Kier molecular flexibility index (Phi) is 3.84. The topological polar surface area (TPSA) is 58.3 Å². The van der Waals surface area contributed by atoms with E-state index in [9.17, 15) is 5.11 Å². The van der Waals surface area contributed by atoms with Gasteiger partial charge in [0, 0.05) is 16.1 Å². The molecule has 1 saturated heterocycles. The van der Waals surface area contributed by atoms with Gasteiger partial charge in [0.05, 0.1) is 0 Å². The van der Waals surface area contributed by atoms with Gasteiger partial charge in [-0.15, -0.1) is 0 Å². The van der Waals surface area contributed by atoms with Crippen molar-refractivity contribution in [3.8, 4) is 5.75 Å². The molecule has 1 aliphatic heterocycles. The summed E-state index contributed by atoms with van der Waals surface area (Å²) in [5.41, 5.74) is 7.07. The van der Waals surface area contributed by atoms with Gasteiger partial charge in [-0.25, -0.2) is 0 Å². The van der Waals surface area contributed by atoms with Crippen LogP contribution in [0.1, 0.15) is 24.4 Å². The number of rotatable bonds is 2. The minimum atomic E-state index is -0.0600. The van der Waals surface area contributed by atoms with Gasteiger partial charge in [-0.1, -0.05) is 22.0 Å². The van der Waals surface area contributed by atoms with Crippen LogP contribution < -0.4 is 11.1 Å². The minimum Gasteiger partial charge on any atom is -0.508 e. The molecule has 1 fully saturated rings. The normalized spacial score (nSPS) is 19.6. The Bertz CT molecular complexity index is 364. The van der Waals surface area contributed by atoms with Gasteiger partial charge < -0.3 is 16.2 Å². The fourth-order valence-electron chi connectivity index (χ4n) is 2.26. The molecule has 0 amide bonds. The Balaban J connectivity index is 2.15. The second-order valence-corrected chi connectivity index (χ2v) is 5.23. The maximum Gasteiger partial charge on any atom is 0.121 e. The Morgan fingerprint density at radius 1 is 1.38 bits per heavy atom.